The summed E-state index contributed by atoms with van der Waals surface area (Å²) in [5.74, 6) is 0.201. The van der Waals surface area contributed by atoms with Gasteiger partial charge in [0.2, 0.25) is 0 Å². The number of phenolic OH excluding ortho intramolecular Hbond substituents is 1. The highest BCUT2D eigenvalue weighted by atomic mass is 16.3. The van der Waals surface area contributed by atoms with Crippen LogP contribution in [0.5, 0.6) is 5.75 Å². The van der Waals surface area contributed by atoms with Gasteiger partial charge in [0.25, 0.3) is 0 Å². The summed E-state index contributed by atoms with van der Waals surface area (Å²) in [7, 11) is 0. The number of aromatic hydroxyl groups is 1. The van der Waals surface area contributed by atoms with E-state index >= 15 is 0 Å². The summed E-state index contributed by atoms with van der Waals surface area (Å²) in [6.07, 6.45) is 1.79. The normalized spacial score (nSPS) is 11.3. The lowest BCUT2D eigenvalue weighted by atomic mass is 9.96. The van der Waals surface area contributed by atoms with Crippen molar-refractivity contribution in [2.75, 3.05) is 0 Å². The summed E-state index contributed by atoms with van der Waals surface area (Å²) < 4.78 is 0. The third-order valence-electron chi connectivity index (χ3n) is 8.05. The molecule has 8 rings (SSSR count). The zero-order valence-corrected chi connectivity index (χ0v) is 23.1. The van der Waals surface area contributed by atoms with Crippen molar-refractivity contribution < 1.29 is 5.11 Å². The SMILES string of the molecule is Oc1cc2ccccc2cc1-c1cc(-c2ccc3ccccc3c2)cc(-c2cccc(-c3nncc4ccccc34)c2)n1. The smallest absolute Gasteiger partial charge is 0.125 e. The Bertz CT molecular complexity index is 2320. The number of nitrogens with zero attached hydrogens (tertiary/aromatic N) is 3. The second-order valence-corrected chi connectivity index (χ2v) is 10.8. The van der Waals surface area contributed by atoms with Crippen molar-refractivity contribution in [1.82, 2.24) is 15.2 Å². The second-order valence-electron chi connectivity index (χ2n) is 10.8. The number of aromatic nitrogens is 3. The Labute approximate surface area is 248 Å². The lowest BCUT2D eigenvalue weighted by molar-refractivity contribution is 0.478. The quantitative estimate of drug-likeness (QED) is 0.237. The van der Waals surface area contributed by atoms with E-state index in [1.54, 1.807) is 6.20 Å². The molecule has 0 amide bonds. The summed E-state index contributed by atoms with van der Waals surface area (Å²) in [4.78, 5) is 5.13. The molecule has 0 aliphatic rings. The molecule has 0 atom stereocenters. The van der Waals surface area contributed by atoms with E-state index in [1.165, 1.54) is 10.8 Å². The predicted octanol–water partition coefficient (Wildman–Crippen LogP) is 9.70. The Balaban J connectivity index is 1.33. The molecule has 0 aliphatic heterocycles. The maximum Gasteiger partial charge on any atom is 0.125 e. The number of pyridine rings is 1. The van der Waals surface area contributed by atoms with Crippen LogP contribution < -0.4 is 0 Å². The average Bonchev–Trinajstić information content (AvgIpc) is 3.07. The summed E-state index contributed by atoms with van der Waals surface area (Å²) in [5.41, 5.74) is 7.07. The van der Waals surface area contributed by atoms with E-state index in [1.807, 2.05) is 54.6 Å². The molecule has 202 valence electrons. The molecule has 4 heteroatoms. The first-order valence-corrected chi connectivity index (χ1v) is 14.2. The van der Waals surface area contributed by atoms with Gasteiger partial charge in [-0.1, -0.05) is 103 Å². The van der Waals surface area contributed by atoms with Crippen LogP contribution in [-0.4, -0.2) is 20.3 Å². The molecule has 0 saturated heterocycles. The van der Waals surface area contributed by atoms with E-state index in [-0.39, 0.29) is 5.75 Å². The number of fused-ring (bicyclic) bond motifs is 3. The van der Waals surface area contributed by atoms with E-state index in [0.29, 0.717) is 11.3 Å². The lowest BCUT2D eigenvalue weighted by Crippen LogP contribution is -1.94. The predicted molar refractivity (Wildman–Crippen MR) is 176 cm³/mol. The third kappa shape index (κ3) is 4.55. The van der Waals surface area contributed by atoms with Crippen LogP contribution in [0.15, 0.2) is 146 Å². The largest absolute Gasteiger partial charge is 0.507 e. The zero-order chi connectivity index (χ0) is 28.8. The maximum absolute atomic E-state index is 11.2. The Morgan fingerprint density at radius 3 is 1.95 bits per heavy atom. The third-order valence-corrected chi connectivity index (χ3v) is 8.05. The summed E-state index contributed by atoms with van der Waals surface area (Å²) in [5, 5.41) is 26.4. The lowest BCUT2D eigenvalue weighted by Gasteiger charge is -2.13. The van der Waals surface area contributed by atoms with Crippen molar-refractivity contribution >= 4 is 32.3 Å². The molecule has 0 fully saturated rings. The summed E-state index contributed by atoms with van der Waals surface area (Å²) in [6, 6.07) is 47.4. The number of benzene rings is 6. The fourth-order valence-electron chi connectivity index (χ4n) is 5.85. The van der Waals surface area contributed by atoms with Gasteiger partial charge in [-0.05, 0) is 69.1 Å². The minimum atomic E-state index is 0.201. The van der Waals surface area contributed by atoms with Crippen LogP contribution in [0.2, 0.25) is 0 Å². The summed E-state index contributed by atoms with van der Waals surface area (Å²) >= 11 is 0. The number of hydrogen-bond donors (Lipinski definition) is 1. The first-order chi connectivity index (χ1) is 21.2. The van der Waals surface area contributed by atoms with E-state index in [9.17, 15) is 5.11 Å². The van der Waals surface area contributed by atoms with Gasteiger partial charge in [-0.25, -0.2) is 4.98 Å². The highest BCUT2D eigenvalue weighted by Gasteiger charge is 2.15. The second kappa shape index (κ2) is 10.2. The summed E-state index contributed by atoms with van der Waals surface area (Å²) in [6.45, 7) is 0. The van der Waals surface area contributed by atoms with Crippen molar-refractivity contribution in [1.29, 1.82) is 0 Å². The van der Waals surface area contributed by atoms with Gasteiger partial charge < -0.3 is 5.11 Å². The van der Waals surface area contributed by atoms with E-state index in [0.717, 1.165) is 55.2 Å². The Kier molecular flexibility index (Phi) is 5.90. The van der Waals surface area contributed by atoms with Gasteiger partial charge in [0.15, 0.2) is 0 Å². The fourth-order valence-corrected chi connectivity index (χ4v) is 5.85. The van der Waals surface area contributed by atoms with Gasteiger partial charge in [0, 0.05) is 27.5 Å². The molecule has 0 radical (unpaired) electrons. The molecule has 0 spiro atoms. The molecule has 0 aliphatic carbocycles. The topological polar surface area (TPSA) is 58.9 Å². The number of rotatable bonds is 4. The Morgan fingerprint density at radius 1 is 0.442 bits per heavy atom. The molecule has 1 N–H and O–H groups in total. The first-order valence-electron chi connectivity index (χ1n) is 14.2. The van der Waals surface area contributed by atoms with Gasteiger partial charge in [0.1, 0.15) is 11.4 Å². The molecule has 4 nitrogen and oxygen atoms in total. The van der Waals surface area contributed by atoms with E-state index in [2.05, 4.69) is 95.1 Å². The highest BCUT2D eigenvalue weighted by Crippen LogP contribution is 2.38. The standard InChI is InChI=1S/C39H25N3O/c43-38-23-28-11-4-3-10-27(28)20-35(38)37-22-33(29-17-16-25-8-1-2-9-26(25)18-29)21-36(41-37)30-13-7-14-31(19-30)39-34-15-6-5-12-32(34)24-40-42-39/h1-24,43H. The maximum atomic E-state index is 11.2. The molecule has 0 unspecified atom stereocenters. The monoisotopic (exact) mass is 551 g/mol. The minimum Gasteiger partial charge on any atom is -0.507 e. The highest BCUT2D eigenvalue weighted by molar-refractivity contribution is 5.95. The van der Waals surface area contributed by atoms with Crippen molar-refractivity contribution in [3.63, 3.8) is 0 Å². The minimum absolute atomic E-state index is 0.201. The Morgan fingerprint density at radius 2 is 1.12 bits per heavy atom. The molecule has 2 heterocycles. The van der Waals surface area contributed by atoms with Gasteiger partial charge in [-0.3, -0.25) is 0 Å². The van der Waals surface area contributed by atoms with E-state index < -0.39 is 0 Å². The molecule has 6 aromatic carbocycles. The zero-order valence-electron chi connectivity index (χ0n) is 23.1. The first kappa shape index (κ1) is 24.9. The van der Waals surface area contributed by atoms with Crippen molar-refractivity contribution in [3.8, 4) is 50.6 Å². The fraction of sp³-hybridized carbons (Fsp3) is 0. The van der Waals surface area contributed by atoms with Crippen molar-refractivity contribution in [3.05, 3.63) is 146 Å². The Hall–Kier alpha value is -5.87. The number of hydrogen-bond acceptors (Lipinski definition) is 4. The van der Waals surface area contributed by atoms with Crippen LogP contribution >= 0.6 is 0 Å². The van der Waals surface area contributed by atoms with Gasteiger partial charge in [0.05, 0.1) is 17.6 Å². The van der Waals surface area contributed by atoms with Gasteiger partial charge >= 0.3 is 0 Å². The van der Waals surface area contributed by atoms with Gasteiger partial charge in [-0.15, -0.1) is 5.10 Å². The van der Waals surface area contributed by atoms with Crippen LogP contribution in [-0.2, 0) is 0 Å². The number of phenols is 1. The molecule has 0 bridgehead atoms. The van der Waals surface area contributed by atoms with Crippen LogP contribution in [0.25, 0.3) is 77.2 Å². The van der Waals surface area contributed by atoms with Crippen molar-refractivity contribution in [2.24, 2.45) is 0 Å². The molecular formula is C39H25N3O. The van der Waals surface area contributed by atoms with Crippen LogP contribution in [0, 0.1) is 0 Å². The molecule has 2 aromatic heterocycles. The van der Waals surface area contributed by atoms with Crippen LogP contribution in [0.4, 0.5) is 0 Å². The van der Waals surface area contributed by atoms with Crippen LogP contribution in [0.1, 0.15) is 0 Å². The molecular weight excluding hydrogens is 526 g/mol. The van der Waals surface area contributed by atoms with E-state index in [4.69, 9.17) is 4.98 Å². The van der Waals surface area contributed by atoms with Gasteiger partial charge in [-0.2, -0.15) is 5.10 Å². The average molecular weight is 552 g/mol. The molecule has 8 aromatic rings. The van der Waals surface area contributed by atoms with Crippen molar-refractivity contribution in [2.45, 2.75) is 0 Å². The molecule has 43 heavy (non-hydrogen) atoms. The van der Waals surface area contributed by atoms with Crippen LogP contribution in [0.3, 0.4) is 0 Å². The molecule has 0 saturated carbocycles.